The van der Waals surface area contributed by atoms with Crippen molar-refractivity contribution in [1.29, 1.82) is 0 Å². The highest BCUT2D eigenvalue weighted by Crippen LogP contribution is 2.40. The fourth-order valence-corrected chi connectivity index (χ4v) is 6.43. The predicted octanol–water partition coefficient (Wildman–Crippen LogP) is 4.58. The highest BCUT2D eigenvalue weighted by atomic mass is 16.5. The highest BCUT2D eigenvalue weighted by molar-refractivity contribution is 6.06. The number of nitrogens with zero attached hydrogens (tertiary/aromatic N) is 5. The normalized spacial score (nSPS) is 15.0. The molecule has 0 spiro atoms. The maximum Gasteiger partial charge on any atom is 0.276 e. The van der Waals surface area contributed by atoms with Crippen LogP contribution in [0.2, 0.25) is 0 Å². The molecule has 0 atom stereocenters. The molecule has 0 radical (unpaired) electrons. The molecule has 0 bridgehead atoms. The molecule has 1 amide bonds. The van der Waals surface area contributed by atoms with Gasteiger partial charge in [0.1, 0.15) is 23.0 Å². The summed E-state index contributed by atoms with van der Waals surface area (Å²) in [6.07, 6.45) is 7.37. The zero-order valence-corrected chi connectivity index (χ0v) is 26.4. The molecule has 46 heavy (non-hydrogen) atoms. The van der Waals surface area contributed by atoms with Crippen molar-refractivity contribution in [2.75, 3.05) is 23.4 Å². The summed E-state index contributed by atoms with van der Waals surface area (Å²) in [6, 6.07) is 10.7. The Morgan fingerprint density at radius 2 is 2.00 bits per heavy atom. The Bertz CT molecular complexity index is 1910. The number of carbonyl (C=O) groups excluding carboxylic acids is 2. The van der Waals surface area contributed by atoms with Crippen molar-refractivity contribution in [1.82, 2.24) is 19.1 Å². The number of allylic oxidation sites excluding steroid dienone is 1. The van der Waals surface area contributed by atoms with Gasteiger partial charge in [0, 0.05) is 61.8 Å². The van der Waals surface area contributed by atoms with Crippen molar-refractivity contribution in [3.05, 3.63) is 94.3 Å². The van der Waals surface area contributed by atoms with Gasteiger partial charge in [-0.15, -0.1) is 0 Å². The number of nitrogens with one attached hydrogen (secondary N) is 1. The van der Waals surface area contributed by atoms with E-state index in [1.807, 2.05) is 6.07 Å². The van der Waals surface area contributed by atoms with Crippen molar-refractivity contribution < 1.29 is 19.4 Å². The first-order valence-electron chi connectivity index (χ1n) is 15.4. The molecule has 11 heteroatoms. The molecule has 5 heterocycles. The van der Waals surface area contributed by atoms with Crippen LogP contribution in [0.25, 0.3) is 11.1 Å². The van der Waals surface area contributed by atoms with Gasteiger partial charge in [0.05, 0.1) is 13.2 Å². The van der Waals surface area contributed by atoms with Crippen molar-refractivity contribution in [2.24, 2.45) is 12.5 Å². The van der Waals surface area contributed by atoms with Crippen LogP contribution in [-0.2, 0) is 37.8 Å². The molecule has 2 N–H and O–H groups in total. The van der Waals surface area contributed by atoms with Gasteiger partial charge in [0.2, 0.25) is 5.88 Å². The number of fused-ring (bicyclic) bond motifs is 3. The average molecular weight is 623 g/mol. The molecular formula is C35H38N6O5. The maximum atomic E-state index is 13.8. The third-order valence-corrected chi connectivity index (χ3v) is 8.60. The number of rotatable bonds is 11. The minimum Gasteiger partial charge on any atom is -0.478 e. The minimum atomic E-state index is -0.348. The number of aliphatic hydroxyl groups excluding tert-OH is 1. The fourth-order valence-electron chi connectivity index (χ4n) is 6.43. The van der Waals surface area contributed by atoms with Gasteiger partial charge in [-0.2, -0.15) is 4.98 Å². The van der Waals surface area contributed by atoms with Crippen LogP contribution in [-0.4, -0.2) is 49.1 Å². The van der Waals surface area contributed by atoms with Gasteiger partial charge < -0.3 is 24.3 Å². The van der Waals surface area contributed by atoms with E-state index in [-0.39, 0.29) is 35.0 Å². The second-order valence-electron chi connectivity index (χ2n) is 12.6. The summed E-state index contributed by atoms with van der Waals surface area (Å²) < 4.78 is 9.30. The van der Waals surface area contributed by atoms with Gasteiger partial charge >= 0.3 is 0 Å². The lowest BCUT2D eigenvalue weighted by Gasteiger charge is -2.31. The molecule has 0 unspecified atom stereocenters. The van der Waals surface area contributed by atoms with Gasteiger partial charge in [0.25, 0.3) is 11.5 Å². The number of aliphatic hydroxyl groups is 1. The van der Waals surface area contributed by atoms with Crippen molar-refractivity contribution >= 4 is 29.0 Å². The Balaban J connectivity index is 1.26. The molecule has 238 valence electrons. The lowest BCUT2D eigenvalue weighted by Crippen LogP contribution is -2.41. The molecule has 6 rings (SSSR count). The van der Waals surface area contributed by atoms with Crippen LogP contribution in [0, 0.1) is 5.41 Å². The molecule has 0 saturated heterocycles. The van der Waals surface area contributed by atoms with Crippen molar-refractivity contribution in [3.63, 3.8) is 0 Å². The molecule has 11 nitrogen and oxygen atoms in total. The summed E-state index contributed by atoms with van der Waals surface area (Å²) in [5.41, 5.74) is 5.13. The summed E-state index contributed by atoms with van der Waals surface area (Å²) in [4.78, 5) is 49.1. The number of ketones is 1. The number of ether oxygens (including phenoxy) is 1. The van der Waals surface area contributed by atoms with Crippen LogP contribution in [0.4, 0.5) is 17.3 Å². The number of hydrogen-bond acceptors (Lipinski definition) is 8. The monoisotopic (exact) mass is 622 g/mol. The molecule has 0 aromatic carbocycles. The number of anilines is 3. The van der Waals surface area contributed by atoms with E-state index in [4.69, 9.17) is 4.74 Å². The SMILES string of the molecule is C=CC(=O)CCCOc1cccc(Nc2cc(-c3ccnc(N4CCn5c(cc6c5CC(C)(C)C6)C4=O)c3CO)cn(C)c2=O)n1. The van der Waals surface area contributed by atoms with E-state index in [1.165, 1.54) is 21.9 Å². The molecular weight excluding hydrogens is 584 g/mol. The van der Waals surface area contributed by atoms with E-state index in [0.29, 0.717) is 72.4 Å². The van der Waals surface area contributed by atoms with Crippen LogP contribution >= 0.6 is 0 Å². The number of aryl methyl sites for hydroxylation is 1. The van der Waals surface area contributed by atoms with E-state index >= 15 is 0 Å². The first kappa shape index (κ1) is 31.0. The minimum absolute atomic E-state index is 0.0433. The van der Waals surface area contributed by atoms with E-state index in [0.717, 1.165) is 12.8 Å². The van der Waals surface area contributed by atoms with Gasteiger partial charge in [0.15, 0.2) is 5.78 Å². The molecule has 2 aliphatic rings. The number of pyridine rings is 3. The molecule has 4 aromatic rings. The summed E-state index contributed by atoms with van der Waals surface area (Å²) in [5.74, 6) is 0.988. The number of hydrogen-bond donors (Lipinski definition) is 2. The zero-order chi connectivity index (χ0) is 32.6. The topological polar surface area (TPSA) is 132 Å². The fraction of sp³-hybridized carbons (Fsp3) is 0.343. The number of carbonyl (C=O) groups is 2. The Labute approximate surface area is 267 Å². The first-order valence-corrected chi connectivity index (χ1v) is 15.4. The van der Waals surface area contributed by atoms with E-state index in [9.17, 15) is 19.5 Å². The van der Waals surface area contributed by atoms with Gasteiger partial charge in [-0.05, 0) is 66.1 Å². The van der Waals surface area contributed by atoms with Crippen molar-refractivity contribution in [2.45, 2.75) is 52.7 Å². The number of aromatic nitrogens is 4. The zero-order valence-electron chi connectivity index (χ0n) is 26.4. The Hall–Kier alpha value is -5.03. The summed E-state index contributed by atoms with van der Waals surface area (Å²) in [6.45, 7) is 9.03. The lowest BCUT2D eigenvalue weighted by atomic mass is 9.90. The first-order chi connectivity index (χ1) is 22.1. The van der Waals surface area contributed by atoms with Gasteiger partial charge in [-0.1, -0.05) is 26.5 Å². The quantitative estimate of drug-likeness (QED) is 0.184. The lowest BCUT2D eigenvalue weighted by molar-refractivity contribution is -0.114. The van der Waals surface area contributed by atoms with Crippen LogP contribution < -0.4 is 20.5 Å². The second kappa shape index (κ2) is 12.4. The third kappa shape index (κ3) is 5.97. The summed E-state index contributed by atoms with van der Waals surface area (Å²) in [7, 11) is 1.65. The highest BCUT2D eigenvalue weighted by Gasteiger charge is 2.37. The summed E-state index contributed by atoms with van der Waals surface area (Å²) >= 11 is 0. The molecule has 1 aliphatic carbocycles. The predicted molar refractivity (Wildman–Crippen MR) is 176 cm³/mol. The second-order valence-corrected chi connectivity index (χ2v) is 12.6. The van der Waals surface area contributed by atoms with Crippen LogP contribution in [0.1, 0.15) is 54.0 Å². The largest absolute Gasteiger partial charge is 0.478 e. The smallest absolute Gasteiger partial charge is 0.276 e. The summed E-state index contributed by atoms with van der Waals surface area (Å²) in [5, 5.41) is 13.7. The van der Waals surface area contributed by atoms with Gasteiger partial charge in [-0.25, -0.2) is 4.98 Å². The van der Waals surface area contributed by atoms with Crippen LogP contribution in [0.5, 0.6) is 5.88 Å². The van der Waals surface area contributed by atoms with Gasteiger partial charge in [-0.3, -0.25) is 19.3 Å². The molecule has 1 aliphatic heterocycles. The maximum absolute atomic E-state index is 13.8. The number of amides is 1. The Morgan fingerprint density at radius 1 is 1.17 bits per heavy atom. The van der Waals surface area contributed by atoms with E-state index in [2.05, 4.69) is 40.3 Å². The molecule has 4 aromatic heterocycles. The standard InChI is InChI=1S/C35H38N6O5/c1-5-24(43)8-7-15-46-31-10-6-9-30(38-31)37-27-16-23(20-39(4)33(27)44)25-11-12-36-32(26(25)21-42)41-14-13-40-28(34(41)45)17-22-18-35(2,3)19-29(22)40/h5-6,9-12,16-17,20,42H,1,7-8,13-15,18-19,21H2,2-4H3,(H,37,38). The van der Waals surface area contributed by atoms with Crippen molar-refractivity contribution in [3.8, 4) is 17.0 Å². The Morgan fingerprint density at radius 3 is 2.78 bits per heavy atom. The van der Waals surface area contributed by atoms with Crippen LogP contribution in [0.3, 0.4) is 0 Å². The van der Waals surface area contributed by atoms with E-state index in [1.54, 1.807) is 54.7 Å². The molecule has 0 saturated carbocycles. The Kier molecular flexibility index (Phi) is 8.35. The molecule has 0 fully saturated rings. The van der Waals surface area contributed by atoms with Crippen LogP contribution in [0.15, 0.2) is 66.2 Å². The van der Waals surface area contributed by atoms with E-state index < -0.39 is 0 Å². The average Bonchev–Trinajstić information content (AvgIpc) is 3.53. The third-order valence-electron chi connectivity index (χ3n) is 8.60.